The number of hydrogen-bond acceptors (Lipinski definition) is 7. The summed E-state index contributed by atoms with van der Waals surface area (Å²) in [7, 11) is 4.73. The molecular formula is C16H23N3O4. The van der Waals surface area contributed by atoms with E-state index in [4.69, 9.17) is 18.9 Å². The van der Waals surface area contributed by atoms with Crippen molar-refractivity contribution in [3.05, 3.63) is 12.4 Å². The maximum Gasteiger partial charge on any atom is 0.205 e. The number of fused-ring (bicyclic) bond motifs is 1. The molecule has 0 unspecified atom stereocenters. The van der Waals surface area contributed by atoms with Gasteiger partial charge in [0.2, 0.25) is 5.75 Å². The monoisotopic (exact) mass is 321 g/mol. The second kappa shape index (κ2) is 8.38. The largest absolute Gasteiger partial charge is 0.493 e. The standard InChI is InChI=1S/C16H23N3O4/c1-5-23-8-6-7-17-16-11-9-12(20-2)14(21-3)15(22-4)13(11)18-10-19-16/h9-10H,5-8H2,1-4H3,(H,17,18,19). The zero-order valence-electron chi connectivity index (χ0n) is 14.0. The van der Waals surface area contributed by atoms with Gasteiger partial charge in [-0.3, -0.25) is 0 Å². The summed E-state index contributed by atoms with van der Waals surface area (Å²) in [6.07, 6.45) is 2.39. The minimum atomic E-state index is 0.517. The average Bonchev–Trinajstić information content (AvgIpc) is 2.59. The van der Waals surface area contributed by atoms with Crippen LogP contribution in [0, 0.1) is 0 Å². The lowest BCUT2D eigenvalue weighted by atomic mass is 10.2. The van der Waals surface area contributed by atoms with Gasteiger partial charge < -0.3 is 24.3 Å². The van der Waals surface area contributed by atoms with Gasteiger partial charge in [-0.15, -0.1) is 0 Å². The number of methoxy groups -OCH3 is 3. The Morgan fingerprint density at radius 3 is 2.48 bits per heavy atom. The van der Waals surface area contributed by atoms with Crippen LogP contribution in [0.15, 0.2) is 12.4 Å². The van der Waals surface area contributed by atoms with E-state index in [1.54, 1.807) is 21.3 Å². The first kappa shape index (κ1) is 17.1. The summed E-state index contributed by atoms with van der Waals surface area (Å²) in [5, 5.41) is 4.12. The van der Waals surface area contributed by atoms with Crippen LogP contribution in [0.3, 0.4) is 0 Å². The Balaban J connectivity index is 2.35. The minimum Gasteiger partial charge on any atom is -0.493 e. The van der Waals surface area contributed by atoms with Crippen LogP contribution >= 0.6 is 0 Å². The number of aromatic nitrogens is 2. The molecule has 0 spiro atoms. The predicted molar refractivity (Wildman–Crippen MR) is 88.8 cm³/mol. The third-order valence-corrected chi connectivity index (χ3v) is 3.39. The van der Waals surface area contributed by atoms with E-state index in [-0.39, 0.29) is 0 Å². The van der Waals surface area contributed by atoms with Gasteiger partial charge in [0.1, 0.15) is 17.7 Å². The third kappa shape index (κ3) is 3.73. The molecule has 7 heteroatoms. The maximum atomic E-state index is 5.46. The summed E-state index contributed by atoms with van der Waals surface area (Å²) in [6, 6.07) is 1.85. The molecule has 0 radical (unpaired) electrons. The van der Waals surface area contributed by atoms with Crippen LogP contribution in [0.5, 0.6) is 17.2 Å². The van der Waals surface area contributed by atoms with Crippen molar-refractivity contribution in [3.63, 3.8) is 0 Å². The number of anilines is 1. The summed E-state index contributed by atoms with van der Waals surface area (Å²) in [5.41, 5.74) is 0.674. The van der Waals surface area contributed by atoms with Gasteiger partial charge in [0.25, 0.3) is 0 Å². The molecule has 1 aromatic heterocycles. The molecular weight excluding hydrogens is 298 g/mol. The number of rotatable bonds is 9. The molecule has 126 valence electrons. The van der Waals surface area contributed by atoms with Crippen molar-refractivity contribution in [2.75, 3.05) is 46.4 Å². The molecule has 0 aliphatic rings. The van der Waals surface area contributed by atoms with Crippen LogP contribution in [0.4, 0.5) is 5.82 Å². The van der Waals surface area contributed by atoms with Crippen LogP contribution in [0.2, 0.25) is 0 Å². The van der Waals surface area contributed by atoms with Gasteiger partial charge in [0.05, 0.1) is 26.7 Å². The highest BCUT2D eigenvalue weighted by molar-refractivity contribution is 5.96. The van der Waals surface area contributed by atoms with Crippen LogP contribution in [-0.4, -0.2) is 51.1 Å². The summed E-state index contributed by atoms with van der Waals surface area (Å²) in [6.45, 7) is 4.18. The summed E-state index contributed by atoms with van der Waals surface area (Å²) in [5.74, 6) is 2.35. The van der Waals surface area contributed by atoms with Crippen molar-refractivity contribution in [1.82, 2.24) is 9.97 Å². The molecule has 23 heavy (non-hydrogen) atoms. The first-order chi connectivity index (χ1) is 11.3. The first-order valence-corrected chi connectivity index (χ1v) is 7.52. The molecule has 0 fully saturated rings. The summed E-state index contributed by atoms with van der Waals surface area (Å²) >= 11 is 0. The Kier molecular flexibility index (Phi) is 6.22. The average molecular weight is 321 g/mol. The Hall–Kier alpha value is -2.28. The normalized spacial score (nSPS) is 10.6. The van der Waals surface area contributed by atoms with E-state index in [9.17, 15) is 0 Å². The van der Waals surface area contributed by atoms with E-state index in [1.165, 1.54) is 6.33 Å². The van der Waals surface area contributed by atoms with Gasteiger partial charge in [0, 0.05) is 19.8 Å². The Labute approximate surface area is 135 Å². The molecule has 0 bridgehead atoms. The lowest BCUT2D eigenvalue weighted by Gasteiger charge is -2.15. The topological polar surface area (TPSA) is 74.7 Å². The third-order valence-electron chi connectivity index (χ3n) is 3.39. The van der Waals surface area contributed by atoms with Crippen LogP contribution < -0.4 is 19.5 Å². The molecule has 1 aromatic carbocycles. The van der Waals surface area contributed by atoms with E-state index in [0.717, 1.165) is 30.8 Å². The van der Waals surface area contributed by atoms with Crippen LogP contribution in [0.25, 0.3) is 10.9 Å². The maximum absolute atomic E-state index is 5.46. The minimum absolute atomic E-state index is 0.517. The van der Waals surface area contributed by atoms with E-state index >= 15 is 0 Å². The fourth-order valence-electron chi connectivity index (χ4n) is 2.33. The molecule has 0 saturated carbocycles. The number of nitrogens with one attached hydrogen (secondary N) is 1. The lowest BCUT2D eigenvalue weighted by molar-refractivity contribution is 0.147. The quantitative estimate of drug-likeness (QED) is 0.711. The molecule has 7 nitrogen and oxygen atoms in total. The molecule has 0 aliphatic carbocycles. The van der Waals surface area contributed by atoms with E-state index in [2.05, 4.69) is 15.3 Å². The van der Waals surface area contributed by atoms with E-state index in [0.29, 0.717) is 29.4 Å². The Morgan fingerprint density at radius 1 is 1.04 bits per heavy atom. The van der Waals surface area contributed by atoms with Crippen molar-refractivity contribution >= 4 is 16.7 Å². The highest BCUT2D eigenvalue weighted by Gasteiger charge is 2.19. The molecule has 0 amide bonds. The highest BCUT2D eigenvalue weighted by Crippen LogP contribution is 2.43. The van der Waals surface area contributed by atoms with Crippen molar-refractivity contribution in [2.45, 2.75) is 13.3 Å². The van der Waals surface area contributed by atoms with Gasteiger partial charge >= 0.3 is 0 Å². The number of hydrogen-bond donors (Lipinski definition) is 1. The van der Waals surface area contributed by atoms with E-state index < -0.39 is 0 Å². The van der Waals surface area contributed by atoms with Gasteiger partial charge in [-0.25, -0.2) is 9.97 Å². The zero-order chi connectivity index (χ0) is 16.7. The summed E-state index contributed by atoms with van der Waals surface area (Å²) < 4.78 is 21.6. The smallest absolute Gasteiger partial charge is 0.205 e. The SMILES string of the molecule is CCOCCCNc1ncnc2c(OC)c(OC)c(OC)cc12. The van der Waals surface area contributed by atoms with Crippen LogP contribution in [-0.2, 0) is 4.74 Å². The highest BCUT2D eigenvalue weighted by atomic mass is 16.5. The molecule has 1 N–H and O–H groups in total. The fourth-order valence-corrected chi connectivity index (χ4v) is 2.33. The molecule has 0 saturated heterocycles. The van der Waals surface area contributed by atoms with E-state index in [1.807, 2.05) is 13.0 Å². The van der Waals surface area contributed by atoms with Gasteiger partial charge in [0.15, 0.2) is 11.5 Å². The fraction of sp³-hybridized carbons (Fsp3) is 0.500. The Bertz CT molecular complexity index is 649. The van der Waals surface area contributed by atoms with Gasteiger partial charge in [-0.05, 0) is 19.4 Å². The molecule has 2 rings (SSSR count). The van der Waals surface area contributed by atoms with Gasteiger partial charge in [-0.1, -0.05) is 0 Å². The van der Waals surface area contributed by atoms with Crippen molar-refractivity contribution in [2.24, 2.45) is 0 Å². The summed E-state index contributed by atoms with van der Waals surface area (Å²) in [4.78, 5) is 8.63. The number of nitrogens with zero attached hydrogens (tertiary/aromatic N) is 2. The predicted octanol–water partition coefficient (Wildman–Crippen LogP) is 2.49. The molecule has 1 heterocycles. The zero-order valence-corrected chi connectivity index (χ0v) is 14.0. The van der Waals surface area contributed by atoms with Crippen molar-refractivity contribution in [1.29, 1.82) is 0 Å². The van der Waals surface area contributed by atoms with Crippen LogP contribution in [0.1, 0.15) is 13.3 Å². The lowest BCUT2D eigenvalue weighted by Crippen LogP contribution is -2.08. The molecule has 0 aliphatic heterocycles. The molecule has 2 aromatic rings. The van der Waals surface area contributed by atoms with Crippen molar-refractivity contribution in [3.8, 4) is 17.2 Å². The molecule has 0 atom stereocenters. The second-order valence-electron chi connectivity index (χ2n) is 4.74. The second-order valence-corrected chi connectivity index (χ2v) is 4.74. The van der Waals surface area contributed by atoms with Crippen molar-refractivity contribution < 1.29 is 18.9 Å². The Morgan fingerprint density at radius 2 is 1.83 bits per heavy atom. The number of benzene rings is 1. The number of ether oxygens (including phenoxy) is 4. The first-order valence-electron chi connectivity index (χ1n) is 7.52. The van der Waals surface area contributed by atoms with Gasteiger partial charge in [-0.2, -0.15) is 0 Å².